The van der Waals surface area contributed by atoms with E-state index in [1.165, 1.54) is 6.07 Å². The fourth-order valence-corrected chi connectivity index (χ4v) is 3.68. The molecular weight excluding hydrogens is 480 g/mol. The molecule has 2 aromatic carbocycles. The molecule has 0 aliphatic carbocycles. The highest BCUT2D eigenvalue weighted by Crippen LogP contribution is 2.16. The fourth-order valence-electron chi connectivity index (χ4n) is 2.72. The van der Waals surface area contributed by atoms with E-state index in [2.05, 4.69) is 36.5 Å². The van der Waals surface area contributed by atoms with Gasteiger partial charge in [0.2, 0.25) is 11.8 Å². The number of aromatic nitrogens is 2. The summed E-state index contributed by atoms with van der Waals surface area (Å²) in [5.41, 5.74) is 1.81. The number of hydrogen-bond donors (Lipinski definition) is 3. The van der Waals surface area contributed by atoms with Gasteiger partial charge in [0.1, 0.15) is 0 Å². The van der Waals surface area contributed by atoms with E-state index in [1.54, 1.807) is 12.1 Å². The van der Waals surface area contributed by atoms with Crippen LogP contribution < -0.4 is 16.2 Å². The van der Waals surface area contributed by atoms with E-state index < -0.39 is 0 Å². The molecule has 9 heteroatoms. The topological polar surface area (TPSA) is 104 Å². The number of nitrogens with one attached hydrogen (secondary N) is 3. The number of anilines is 1. The molecule has 1 aromatic heterocycles. The van der Waals surface area contributed by atoms with Crippen LogP contribution in [0.15, 0.2) is 75.1 Å². The molecule has 3 aromatic rings. The highest BCUT2D eigenvalue weighted by Gasteiger charge is 2.10. The number of nitrogens with zero attached hydrogens (tertiary/aromatic N) is 1. The maximum Gasteiger partial charge on any atom is 0.251 e. The molecule has 0 aliphatic heterocycles. The highest BCUT2D eigenvalue weighted by molar-refractivity contribution is 9.10. The van der Waals surface area contributed by atoms with E-state index in [4.69, 9.17) is 0 Å². The van der Waals surface area contributed by atoms with Crippen molar-refractivity contribution in [3.05, 3.63) is 86.7 Å². The maximum absolute atomic E-state index is 12.2. The first kappa shape index (κ1) is 22.8. The zero-order chi connectivity index (χ0) is 22.1. The van der Waals surface area contributed by atoms with Crippen LogP contribution in [0.3, 0.4) is 0 Å². The van der Waals surface area contributed by atoms with Crippen LogP contribution in [0.25, 0.3) is 0 Å². The first-order valence-electron chi connectivity index (χ1n) is 9.57. The molecule has 160 valence electrons. The van der Waals surface area contributed by atoms with E-state index in [1.807, 2.05) is 42.5 Å². The van der Waals surface area contributed by atoms with Gasteiger partial charge in [0.15, 0.2) is 5.16 Å². The summed E-state index contributed by atoms with van der Waals surface area (Å²) in [5, 5.41) is 5.90. The Hall–Kier alpha value is -2.91. The zero-order valence-corrected chi connectivity index (χ0v) is 19.0. The van der Waals surface area contributed by atoms with Crippen molar-refractivity contribution in [1.29, 1.82) is 0 Å². The van der Waals surface area contributed by atoms with Gasteiger partial charge < -0.3 is 15.6 Å². The molecule has 0 atom stereocenters. The van der Waals surface area contributed by atoms with Crippen LogP contribution in [0.4, 0.5) is 5.69 Å². The molecule has 0 fully saturated rings. The van der Waals surface area contributed by atoms with E-state index in [-0.39, 0.29) is 29.5 Å². The molecule has 0 aliphatic rings. The van der Waals surface area contributed by atoms with Crippen molar-refractivity contribution >= 4 is 45.2 Å². The number of halogens is 1. The van der Waals surface area contributed by atoms with Crippen LogP contribution in [0, 0.1) is 0 Å². The van der Waals surface area contributed by atoms with Crippen LogP contribution in [0.5, 0.6) is 0 Å². The van der Waals surface area contributed by atoms with Crippen LogP contribution in [-0.4, -0.2) is 34.1 Å². The Morgan fingerprint density at radius 3 is 2.52 bits per heavy atom. The zero-order valence-electron chi connectivity index (χ0n) is 16.6. The molecule has 31 heavy (non-hydrogen) atoms. The fraction of sp³-hybridized carbons (Fsp3) is 0.182. The third-order valence-corrected chi connectivity index (χ3v) is 5.56. The van der Waals surface area contributed by atoms with Crippen molar-refractivity contribution in [2.75, 3.05) is 17.6 Å². The van der Waals surface area contributed by atoms with Crippen molar-refractivity contribution < 1.29 is 9.59 Å². The molecule has 0 saturated carbocycles. The molecule has 1 heterocycles. The summed E-state index contributed by atoms with van der Waals surface area (Å²) in [5.74, 6) is -0.358. The number of aromatic amines is 1. The average Bonchev–Trinajstić information content (AvgIpc) is 2.74. The van der Waals surface area contributed by atoms with Crippen molar-refractivity contribution in [2.24, 2.45) is 0 Å². The third-order valence-electron chi connectivity index (χ3n) is 4.16. The quantitative estimate of drug-likeness (QED) is 0.309. The summed E-state index contributed by atoms with van der Waals surface area (Å²) in [7, 11) is 0. The number of thioether (sulfide) groups is 1. The summed E-state index contributed by atoms with van der Waals surface area (Å²) < 4.78 is 0.919. The van der Waals surface area contributed by atoms with E-state index in [0.29, 0.717) is 23.1 Å². The summed E-state index contributed by atoms with van der Waals surface area (Å²) in [4.78, 5) is 43.1. The molecule has 0 saturated heterocycles. The molecule has 7 nitrogen and oxygen atoms in total. The minimum atomic E-state index is -0.363. The number of H-pyrrole nitrogens is 1. The molecule has 0 unspecified atom stereocenters. The van der Waals surface area contributed by atoms with E-state index in [9.17, 15) is 14.4 Å². The Morgan fingerprint density at radius 2 is 1.77 bits per heavy atom. The van der Waals surface area contributed by atoms with Gasteiger partial charge in [-0.05, 0) is 36.2 Å². The average molecular weight is 501 g/mol. The van der Waals surface area contributed by atoms with Crippen LogP contribution in [0.1, 0.15) is 11.3 Å². The summed E-state index contributed by atoms with van der Waals surface area (Å²) >= 11 is 4.44. The maximum atomic E-state index is 12.2. The normalized spacial score (nSPS) is 10.5. The van der Waals surface area contributed by atoms with Crippen molar-refractivity contribution in [3.63, 3.8) is 0 Å². The number of carbonyl (C=O) groups is 2. The Morgan fingerprint density at radius 1 is 1.03 bits per heavy atom. The lowest BCUT2D eigenvalue weighted by Crippen LogP contribution is -2.28. The summed E-state index contributed by atoms with van der Waals surface area (Å²) in [6, 6.07) is 18.4. The molecule has 3 N–H and O–H groups in total. The monoisotopic (exact) mass is 500 g/mol. The number of hydrogen-bond acceptors (Lipinski definition) is 5. The Labute approximate surface area is 192 Å². The minimum absolute atomic E-state index is 0.00262. The lowest BCUT2D eigenvalue weighted by molar-refractivity contribution is -0.120. The molecular formula is C22H21BrN4O3S. The van der Waals surface area contributed by atoms with Crippen molar-refractivity contribution in [2.45, 2.75) is 18.0 Å². The molecule has 2 amide bonds. The molecule has 3 rings (SSSR count). The summed E-state index contributed by atoms with van der Waals surface area (Å²) in [6.45, 7) is 0.504. The lowest BCUT2D eigenvalue weighted by Gasteiger charge is -2.07. The Bertz CT molecular complexity index is 1090. The SMILES string of the molecule is O=C(Cc1cc(=O)[nH]c(SCC(=O)Nc2ccc(Br)cc2)n1)NCCc1ccccc1. The van der Waals surface area contributed by atoms with Gasteiger partial charge >= 0.3 is 0 Å². The minimum Gasteiger partial charge on any atom is -0.355 e. The van der Waals surface area contributed by atoms with Crippen molar-refractivity contribution in [3.8, 4) is 0 Å². The standard InChI is InChI=1S/C22H21BrN4O3S/c23-16-6-8-17(9-7-16)25-21(30)14-31-22-26-18(13-20(29)27-22)12-19(28)24-11-10-15-4-2-1-3-5-15/h1-9,13H,10-12,14H2,(H,24,28)(H,25,30)(H,26,27,29). The molecule has 0 spiro atoms. The van der Waals surface area contributed by atoms with E-state index in [0.717, 1.165) is 28.2 Å². The van der Waals surface area contributed by atoms with Crippen LogP contribution >= 0.6 is 27.7 Å². The second kappa shape index (κ2) is 11.5. The second-order valence-corrected chi connectivity index (χ2v) is 8.53. The molecule has 0 bridgehead atoms. The predicted molar refractivity (Wildman–Crippen MR) is 125 cm³/mol. The van der Waals surface area contributed by atoms with Crippen LogP contribution in [0.2, 0.25) is 0 Å². The smallest absolute Gasteiger partial charge is 0.251 e. The van der Waals surface area contributed by atoms with Gasteiger partial charge in [-0.3, -0.25) is 14.4 Å². The second-order valence-electron chi connectivity index (χ2n) is 6.65. The summed E-state index contributed by atoms with van der Waals surface area (Å²) in [6.07, 6.45) is 0.724. The number of amides is 2. The first-order chi connectivity index (χ1) is 15.0. The molecule has 0 radical (unpaired) electrons. The van der Waals surface area contributed by atoms with Gasteiger partial charge in [-0.15, -0.1) is 0 Å². The predicted octanol–water partition coefficient (Wildman–Crippen LogP) is 3.16. The van der Waals surface area contributed by atoms with Gasteiger partial charge in [-0.1, -0.05) is 58.0 Å². The first-order valence-corrected chi connectivity index (χ1v) is 11.3. The van der Waals surface area contributed by atoms with Gasteiger partial charge in [-0.2, -0.15) is 0 Å². The Balaban J connectivity index is 1.48. The van der Waals surface area contributed by atoms with Gasteiger partial charge in [0.05, 0.1) is 17.9 Å². The lowest BCUT2D eigenvalue weighted by atomic mass is 10.1. The Kier molecular flexibility index (Phi) is 8.43. The number of rotatable bonds is 9. The van der Waals surface area contributed by atoms with Crippen LogP contribution in [-0.2, 0) is 22.4 Å². The van der Waals surface area contributed by atoms with Gasteiger partial charge in [-0.25, -0.2) is 4.98 Å². The number of carbonyl (C=O) groups excluding carboxylic acids is 2. The van der Waals surface area contributed by atoms with Gasteiger partial charge in [0.25, 0.3) is 5.56 Å². The van der Waals surface area contributed by atoms with Gasteiger partial charge in [0, 0.05) is 22.8 Å². The largest absolute Gasteiger partial charge is 0.355 e. The highest BCUT2D eigenvalue weighted by atomic mass is 79.9. The van der Waals surface area contributed by atoms with E-state index >= 15 is 0 Å². The third kappa shape index (κ3) is 8.03. The van der Waals surface area contributed by atoms with Crippen molar-refractivity contribution in [1.82, 2.24) is 15.3 Å². The number of benzene rings is 2.